The maximum absolute atomic E-state index is 13.7. The Morgan fingerprint density at radius 2 is 1.77 bits per heavy atom. The van der Waals surface area contributed by atoms with E-state index < -0.39 is 17.8 Å². The molecular weight excluding hydrogens is 587 g/mol. The summed E-state index contributed by atoms with van der Waals surface area (Å²) < 4.78 is 31.7. The van der Waals surface area contributed by atoms with Gasteiger partial charge in [-0.3, -0.25) is 9.59 Å². The van der Waals surface area contributed by atoms with Gasteiger partial charge in [-0.25, -0.2) is 9.40 Å². The van der Waals surface area contributed by atoms with E-state index in [1.165, 1.54) is 35.0 Å². The van der Waals surface area contributed by atoms with E-state index in [4.69, 9.17) is 19.3 Å². The SMILES string of the molecule is COc1ccc(C2=NN(C(=O)CSc3nnc(CNC(=O)c4cccc(F)c4)n3C)C(c3cccc(OC)c3OC)C2)cc1. The number of thioether (sulfide) groups is 1. The fraction of sp³-hybridized carbons (Fsp3) is 0.258. The number of hydrogen-bond donors (Lipinski definition) is 1. The van der Waals surface area contributed by atoms with Gasteiger partial charge in [0, 0.05) is 24.6 Å². The van der Waals surface area contributed by atoms with Gasteiger partial charge in [0.25, 0.3) is 11.8 Å². The number of aromatic nitrogens is 3. The van der Waals surface area contributed by atoms with E-state index >= 15 is 0 Å². The Kier molecular flexibility index (Phi) is 9.44. The predicted octanol–water partition coefficient (Wildman–Crippen LogP) is 4.38. The third kappa shape index (κ3) is 6.52. The summed E-state index contributed by atoms with van der Waals surface area (Å²) in [6.45, 7) is 0.0761. The molecule has 0 radical (unpaired) electrons. The van der Waals surface area contributed by atoms with Gasteiger partial charge in [-0.05, 0) is 54.1 Å². The molecule has 2 amide bonds. The third-order valence-corrected chi connectivity index (χ3v) is 8.13. The number of hydrogen-bond acceptors (Lipinski definition) is 9. The number of nitrogens with zero attached hydrogens (tertiary/aromatic N) is 5. The maximum atomic E-state index is 13.7. The number of para-hydroxylation sites is 1. The van der Waals surface area contributed by atoms with Crippen LogP contribution in [0.4, 0.5) is 4.39 Å². The molecule has 0 saturated carbocycles. The summed E-state index contributed by atoms with van der Waals surface area (Å²) in [5.41, 5.74) is 2.59. The highest BCUT2D eigenvalue weighted by molar-refractivity contribution is 7.99. The van der Waals surface area contributed by atoms with E-state index in [9.17, 15) is 14.0 Å². The molecule has 0 fully saturated rings. The van der Waals surface area contributed by atoms with Crippen molar-refractivity contribution >= 4 is 29.3 Å². The molecule has 228 valence electrons. The lowest BCUT2D eigenvalue weighted by Crippen LogP contribution is -2.29. The van der Waals surface area contributed by atoms with Crippen LogP contribution in [0, 0.1) is 5.82 Å². The molecule has 1 aliphatic rings. The number of nitrogens with one attached hydrogen (secondary N) is 1. The molecule has 1 aliphatic heterocycles. The van der Waals surface area contributed by atoms with Crippen molar-refractivity contribution in [2.24, 2.45) is 12.1 Å². The summed E-state index contributed by atoms with van der Waals surface area (Å²) in [4.78, 5) is 26.1. The molecule has 0 saturated heterocycles. The van der Waals surface area contributed by atoms with Gasteiger partial charge < -0.3 is 24.1 Å². The first-order chi connectivity index (χ1) is 21.3. The van der Waals surface area contributed by atoms with Gasteiger partial charge in [-0.1, -0.05) is 30.0 Å². The van der Waals surface area contributed by atoms with E-state index in [0.717, 1.165) is 28.7 Å². The van der Waals surface area contributed by atoms with Gasteiger partial charge >= 0.3 is 0 Å². The zero-order valence-electron chi connectivity index (χ0n) is 24.6. The van der Waals surface area contributed by atoms with Crippen LogP contribution in [0.3, 0.4) is 0 Å². The second-order valence-corrected chi connectivity index (χ2v) is 10.7. The minimum atomic E-state index is -0.495. The average molecular weight is 619 g/mol. The van der Waals surface area contributed by atoms with Crippen molar-refractivity contribution in [3.05, 3.63) is 95.1 Å². The first kappa shape index (κ1) is 30.5. The molecule has 5 rings (SSSR count). The van der Waals surface area contributed by atoms with Crippen molar-refractivity contribution in [3.63, 3.8) is 0 Å². The third-order valence-electron chi connectivity index (χ3n) is 7.13. The van der Waals surface area contributed by atoms with Gasteiger partial charge in [0.05, 0.1) is 45.4 Å². The molecule has 1 N–H and O–H groups in total. The highest BCUT2D eigenvalue weighted by Gasteiger charge is 2.35. The van der Waals surface area contributed by atoms with E-state index in [0.29, 0.717) is 28.9 Å². The quantitative estimate of drug-likeness (QED) is 0.246. The highest BCUT2D eigenvalue weighted by Crippen LogP contribution is 2.42. The summed E-state index contributed by atoms with van der Waals surface area (Å²) in [5.74, 6) is 1.15. The van der Waals surface area contributed by atoms with Crippen LogP contribution in [0.1, 0.15) is 39.8 Å². The van der Waals surface area contributed by atoms with Crippen LogP contribution in [-0.4, -0.2) is 64.4 Å². The zero-order chi connectivity index (χ0) is 31.2. The Balaban J connectivity index is 1.32. The van der Waals surface area contributed by atoms with Crippen LogP contribution in [0.15, 0.2) is 77.0 Å². The minimum Gasteiger partial charge on any atom is -0.497 e. The maximum Gasteiger partial charge on any atom is 0.253 e. The standard InChI is InChI=1S/C31H31FN6O5S/c1-37-27(17-33-30(40)20-7-5-8-21(32)15-20)34-35-31(37)44-18-28(39)38-25(23-9-6-10-26(42-3)29(23)43-4)16-24(36-38)19-11-13-22(41-2)14-12-19/h5-15,25H,16-18H2,1-4H3,(H,33,40). The van der Waals surface area contributed by atoms with Crippen molar-refractivity contribution in [1.82, 2.24) is 25.1 Å². The molecule has 0 bridgehead atoms. The molecule has 1 unspecified atom stereocenters. The average Bonchev–Trinajstić information content (AvgIpc) is 3.65. The molecule has 4 aromatic rings. The number of amides is 2. The second kappa shape index (κ2) is 13.6. The number of halogens is 1. The molecule has 3 aromatic carbocycles. The zero-order valence-corrected chi connectivity index (χ0v) is 25.4. The smallest absolute Gasteiger partial charge is 0.253 e. The Hall–Kier alpha value is -4.91. The topological polar surface area (TPSA) is 120 Å². The van der Waals surface area contributed by atoms with Crippen LogP contribution in [0.5, 0.6) is 17.2 Å². The van der Waals surface area contributed by atoms with Gasteiger partial charge in [-0.2, -0.15) is 5.10 Å². The van der Waals surface area contributed by atoms with E-state index in [1.54, 1.807) is 39.0 Å². The first-order valence-electron chi connectivity index (χ1n) is 13.6. The van der Waals surface area contributed by atoms with Crippen LogP contribution in [0.25, 0.3) is 0 Å². The Morgan fingerprint density at radius 1 is 1.00 bits per heavy atom. The number of rotatable bonds is 11. The number of carbonyl (C=O) groups excluding carboxylic acids is 2. The van der Waals surface area contributed by atoms with Crippen LogP contribution in [-0.2, 0) is 18.4 Å². The largest absolute Gasteiger partial charge is 0.497 e. The number of benzene rings is 3. The fourth-order valence-corrected chi connectivity index (χ4v) is 5.61. The Bertz CT molecular complexity index is 1690. The monoisotopic (exact) mass is 618 g/mol. The number of hydrazone groups is 1. The lowest BCUT2D eigenvalue weighted by molar-refractivity contribution is -0.130. The van der Waals surface area contributed by atoms with Crippen LogP contribution >= 0.6 is 11.8 Å². The molecule has 13 heteroatoms. The molecule has 1 atom stereocenters. The molecule has 11 nitrogen and oxygen atoms in total. The first-order valence-corrected chi connectivity index (χ1v) is 14.6. The molecule has 44 heavy (non-hydrogen) atoms. The molecule has 0 spiro atoms. The number of carbonyl (C=O) groups is 2. The Labute approximate surface area is 258 Å². The lowest BCUT2D eigenvalue weighted by atomic mass is 9.97. The van der Waals surface area contributed by atoms with Crippen molar-refractivity contribution < 1.29 is 28.2 Å². The van der Waals surface area contributed by atoms with Gasteiger partial charge in [0.15, 0.2) is 22.5 Å². The second-order valence-electron chi connectivity index (χ2n) is 9.76. The summed E-state index contributed by atoms with van der Waals surface area (Å²) >= 11 is 1.21. The molecule has 0 aliphatic carbocycles. The normalized spacial score (nSPS) is 14.2. The van der Waals surface area contributed by atoms with E-state index in [2.05, 4.69) is 15.5 Å². The predicted molar refractivity (Wildman–Crippen MR) is 163 cm³/mol. The van der Waals surface area contributed by atoms with Gasteiger partial charge in [-0.15, -0.1) is 10.2 Å². The summed E-state index contributed by atoms with van der Waals surface area (Å²) in [7, 11) is 6.48. The molecular formula is C31H31FN6O5S. The van der Waals surface area contributed by atoms with E-state index in [1.807, 2.05) is 36.4 Å². The van der Waals surface area contributed by atoms with Crippen LogP contribution < -0.4 is 19.5 Å². The number of ether oxygens (including phenoxy) is 3. The minimum absolute atomic E-state index is 0.0315. The Morgan fingerprint density at radius 3 is 2.48 bits per heavy atom. The van der Waals surface area contributed by atoms with Gasteiger partial charge in [0.2, 0.25) is 0 Å². The van der Waals surface area contributed by atoms with Crippen molar-refractivity contribution in [2.75, 3.05) is 27.1 Å². The van der Waals surface area contributed by atoms with Crippen molar-refractivity contribution in [2.45, 2.75) is 24.2 Å². The van der Waals surface area contributed by atoms with Gasteiger partial charge in [0.1, 0.15) is 11.6 Å². The van der Waals surface area contributed by atoms with Crippen molar-refractivity contribution in [3.8, 4) is 17.2 Å². The summed E-state index contributed by atoms with van der Waals surface area (Å²) in [6, 6.07) is 18.1. The summed E-state index contributed by atoms with van der Waals surface area (Å²) in [6.07, 6.45) is 0.464. The van der Waals surface area contributed by atoms with E-state index in [-0.39, 0.29) is 23.8 Å². The molecule has 1 aromatic heterocycles. The lowest BCUT2D eigenvalue weighted by Gasteiger charge is -2.24. The summed E-state index contributed by atoms with van der Waals surface area (Å²) in [5, 5.41) is 17.8. The number of methoxy groups -OCH3 is 3. The molecule has 2 heterocycles. The van der Waals surface area contributed by atoms with Crippen LogP contribution in [0.2, 0.25) is 0 Å². The highest BCUT2D eigenvalue weighted by atomic mass is 32.2. The van der Waals surface area contributed by atoms with Crippen molar-refractivity contribution in [1.29, 1.82) is 0 Å². The fourth-order valence-electron chi connectivity index (χ4n) is 4.82.